The number of amides is 1. The number of pyridine rings is 1. The van der Waals surface area contributed by atoms with Gasteiger partial charge in [-0.05, 0) is 37.6 Å². The number of nitrogens with one attached hydrogen (secondary N) is 2. The van der Waals surface area contributed by atoms with Gasteiger partial charge in [0.15, 0.2) is 5.82 Å². The number of halogens is 2. The number of carbonyl (C=O) groups excluding carboxylic acids is 1. The average molecular weight is 344 g/mol. The van der Waals surface area contributed by atoms with Gasteiger partial charge in [0.05, 0.1) is 11.9 Å². The Kier molecular flexibility index (Phi) is 7.31. The minimum absolute atomic E-state index is 0. The van der Waals surface area contributed by atoms with E-state index in [1.165, 1.54) is 0 Å². The second kappa shape index (κ2) is 8.73. The molecule has 120 valence electrons. The van der Waals surface area contributed by atoms with Gasteiger partial charge in [0.2, 0.25) is 5.91 Å². The molecule has 1 fully saturated rings. The first kappa shape index (κ1) is 18.4. The zero-order valence-electron chi connectivity index (χ0n) is 11.9. The minimum Gasteiger partial charge on any atom is -0.325 e. The predicted octanol–water partition coefficient (Wildman–Crippen LogP) is 2.19. The second-order valence-electron chi connectivity index (χ2n) is 4.90. The van der Waals surface area contributed by atoms with E-state index in [-0.39, 0.29) is 30.7 Å². The molecule has 1 aliphatic heterocycles. The van der Waals surface area contributed by atoms with E-state index in [1.807, 2.05) is 24.4 Å². The third-order valence-electron chi connectivity index (χ3n) is 3.36. The van der Waals surface area contributed by atoms with E-state index in [4.69, 9.17) is 0 Å². The SMILES string of the molecule is Cl.Cl.O=C(CC1CCCN1)Nc1ccc(-n2cccn2)nc1. The molecule has 8 heteroatoms. The van der Waals surface area contributed by atoms with Gasteiger partial charge in [-0.1, -0.05) is 0 Å². The van der Waals surface area contributed by atoms with Gasteiger partial charge < -0.3 is 10.6 Å². The largest absolute Gasteiger partial charge is 0.325 e. The fourth-order valence-electron chi connectivity index (χ4n) is 2.37. The molecule has 0 saturated carbocycles. The van der Waals surface area contributed by atoms with Crippen molar-refractivity contribution in [3.8, 4) is 5.82 Å². The molecule has 1 amide bonds. The quantitative estimate of drug-likeness (QED) is 0.892. The Bertz CT molecular complexity index is 567. The number of aromatic nitrogens is 3. The lowest BCUT2D eigenvalue weighted by atomic mass is 10.1. The van der Waals surface area contributed by atoms with Gasteiger partial charge in [-0.15, -0.1) is 24.8 Å². The smallest absolute Gasteiger partial charge is 0.225 e. The van der Waals surface area contributed by atoms with Crippen LogP contribution in [0.15, 0.2) is 36.8 Å². The van der Waals surface area contributed by atoms with Crippen LogP contribution in [0.25, 0.3) is 5.82 Å². The average Bonchev–Trinajstić information content (AvgIpc) is 3.12. The van der Waals surface area contributed by atoms with E-state index in [1.54, 1.807) is 17.1 Å². The van der Waals surface area contributed by atoms with Crippen molar-refractivity contribution in [2.45, 2.75) is 25.3 Å². The first-order valence-electron chi connectivity index (χ1n) is 6.80. The number of hydrogen-bond acceptors (Lipinski definition) is 4. The van der Waals surface area contributed by atoms with Gasteiger partial charge in [-0.25, -0.2) is 9.67 Å². The lowest BCUT2D eigenvalue weighted by Crippen LogP contribution is -2.27. The molecule has 2 N–H and O–H groups in total. The van der Waals surface area contributed by atoms with Crippen molar-refractivity contribution in [2.24, 2.45) is 0 Å². The molecule has 0 radical (unpaired) electrons. The Balaban J connectivity index is 0.00000121. The fourth-order valence-corrected chi connectivity index (χ4v) is 2.37. The van der Waals surface area contributed by atoms with Crippen LogP contribution in [-0.2, 0) is 4.79 Å². The molecule has 3 rings (SSSR count). The van der Waals surface area contributed by atoms with Crippen LogP contribution in [0.2, 0.25) is 0 Å². The standard InChI is InChI=1S/C14H17N5O.2ClH/c20-14(9-11-3-1-6-15-11)18-12-4-5-13(16-10-12)19-8-2-7-17-19;;/h2,4-5,7-8,10-11,15H,1,3,6,9H2,(H,18,20);2*1H. The molecule has 3 heterocycles. The first-order valence-corrected chi connectivity index (χ1v) is 6.80. The molecule has 2 aromatic heterocycles. The topological polar surface area (TPSA) is 71.8 Å². The summed E-state index contributed by atoms with van der Waals surface area (Å²) in [5.41, 5.74) is 0.712. The minimum atomic E-state index is 0. The summed E-state index contributed by atoms with van der Waals surface area (Å²) in [7, 11) is 0. The van der Waals surface area contributed by atoms with Crippen molar-refractivity contribution < 1.29 is 4.79 Å². The van der Waals surface area contributed by atoms with Crippen molar-refractivity contribution in [3.63, 3.8) is 0 Å². The Labute approximate surface area is 141 Å². The molecular weight excluding hydrogens is 325 g/mol. The molecule has 22 heavy (non-hydrogen) atoms. The number of carbonyl (C=O) groups is 1. The number of anilines is 1. The van der Waals surface area contributed by atoms with E-state index in [2.05, 4.69) is 20.7 Å². The molecule has 1 aliphatic rings. The lowest BCUT2D eigenvalue weighted by molar-refractivity contribution is -0.116. The summed E-state index contributed by atoms with van der Waals surface area (Å²) in [6, 6.07) is 5.82. The normalized spacial score (nSPS) is 16.5. The highest BCUT2D eigenvalue weighted by Crippen LogP contribution is 2.12. The number of hydrogen-bond donors (Lipinski definition) is 2. The lowest BCUT2D eigenvalue weighted by Gasteiger charge is -2.10. The Morgan fingerprint density at radius 2 is 2.27 bits per heavy atom. The van der Waals surface area contributed by atoms with Gasteiger partial charge in [-0.2, -0.15) is 5.10 Å². The number of nitrogens with zero attached hydrogens (tertiary/aromatic N) is 3. The van der Waals surface area contributed by atoms with Crippen molar-refractivity contribution in [1.82, 2.24) is 20.1 Å². The summed E-state index contributed by atoms with van der Waals surface area (Å²) >= 11 is 0. The van der Waals surface area contributed by atoms with E-state index >= 15 is 0 Å². The maximum absolute atomic E-state index is 11.9. The molecular formula is C14H19Cl2N5O. The third-order valence-corrected chi connectivity index (χ3v) is 3.36. The van der Waals surface area contributed by atoms with Crippen molar-refractivity contribution >= 4 is 36.4 Å². The summed E-state index contributed by atoms with van der Waals surface area (Å²) in [5, 5.41) is 10.3. The zero-order chi connectivity index (χ0) is 13.8. The molecule has 0 bridgehead atoms. The molecule has 0 spiro atoms. The maximum atomic E-state index is 11.9. The van der Waals surface area contributed by atoms with E-state index < -0.39 is 0 Å². The van der Waals surface area contributed by atoms with Gasteiger partial charge in [-0.3, -0.25) is 4.79 Å². The molecule has 1 saturated heterocycles. The van der Waals surface area contributed by atoms with Crippen molar-refractivity contribution in [2.75, 3.05) is 11.9 Å². The Morgan fingerprint density at radius 3 is 2.86 bits per heavy atom. The number of rotatable bonds is 4. The van der Waals surface area contributed by atoms with Gasteiger partial charge in [0, 0.05) is 24.9 Å². The molecule has 0 aromatic carbocycles. The molecule has 2 aromatic rings. The van der Waals surface area contributed by atoms with Crippen LogP contribution in [-0.4, -0.2) is 33.3 Å². The van der Waals surface area contributed by atoms with Crippen LogP contribution in [0.5, 0.6) is 0 Å². The van der Waals surface area contributed by atoms with Crippen LogP contribution in [0.3, 0.4) is 0 Å². The monoisotopic (exact) mass is 343 g/mol. The summed E-state index contributed by atoms with van der Waals surface area (Å²) in [4.78, 5) is 16.2. The maximum Gasteiger partial charge on any atom is 0.225 e. The van der Waals surface area contributed by atoms with Crippen LogP contribution < -0.4 is 10.6 Å². The highest BCUT2D eigenvalue weighted by atomic mass is 35.5. The van der Waals surface area contributed by atoms with Crippen LogP contribution in [0.1, 0.15) is 19.3 Å². The van der Waals surface area contributed by atoms with Gasteiger partial charge in [0.25, 0.3) is 0 Å². The molecule has 6 nitrogen and oxygen atoms in total. The highest BCUT2D eigenvalue weighted by Gasteiger charge is 2.17. The second-order valence-corrected chi connectivity index (χ2v) is 4.90. The molecule has 0 aliphatic carbocycles. The van der Waals surface area contributed by atoms with E-state index in [0.29, 0.717) is 18.2 Å². The predicted molar refractivity (Wildman–Crippen MR) is 90.1 cm³/mol. The molecule has 1 unspecified atom stereocenters. The van der Waals surface area contributed by atoms with Gasteiger partial charge in [0.1, 0.15) is 0 Å². The summed E-state index contributed by atoms with van der Waals surface area (Å²) < 4.78 is 1.67. The van der Waals surface area contributed by atoms with Crippen LogP contribution in [0.4, 0.5) is 5.69 Å². The summed E-state index contributed by atoms with van der Waals surface area (Å²) in [6.45, 7) is 1.01. The van der Waals surface area contributed by atoms with Crippen molar-refractivity contribution in [3.05, 3.63) is 36.8 Å². The fraction of sp³-hybridized carbons (Fsp3) is 0.357. The van der Waals surface area contributed by atoms with Gasteiger partial charge >= 0.3 is 0 Å². The van der Waals surface area contributed by atoms with E-state index in [9.17, 15) is 4.79 Å². The zero-order valence-corrected chi connectivity index (χ0v) is 13.6. The summed E-state index contributed by atoms with van der Waals surface area (Å²) in [6.07, 6.45) is 7.91. The third kappa shape index (κ3) is 4.69. The highest BCUT2D eigenvalue weighted by molar-refractivity contribution is 5.91. The Morgan fingerprint density at radius 1 is 1.41 bits per heavy atom. The van der Waals surface area contributed by atoms with Crippen LogP contribution in [0, 0.1) is 0 Å². The first-order chi connectivity index (χ1) is 9.81. The summed E-state index contributed by atoms with van der Waals surface area (Å²) in [5.74, 6) is 0.753. The van der Waals surface area contributed by atoms with Crippen molar-refractivity contribution in [1.29, 1.82) is 0 Å². The Hall–Kier alpha value is -1.63. The van der Waals surface area contributed by atoms with E-state index in [0.717, 1.165) is 25.2 Å². The molecule has 1 atom stereocenters. The van der Waals surface area contributed by atoms with Crippen LogP contribution >= 0.6 is 24.8 Å².